The molecule has 0 aliphatic heterocycles. The van der Waals surface area contributed by atoms with E-state index in [4.69, 9.17) is 11.6 Å². The molecule has 0 radical (unpaired) electrons. The highest BCUT2D eigenvalue weighted by Crippen LogP contribution is 2.30. The SMILES string of the molecule is CC1CCC(CCl)C1. The fourth-order valence-corrected chi connectivity index (χ4v) is 1.75. The van der Waals surface area contributed by atoms with Crippen LogP contribution < -0.4 is 0 Å². The quantitative estimate of drug-likeness (QED) is 0.482. The van der Waals surface area contributed by atoms with Crippen LogP contribution in [0.1, 0.15) is 26.2 Å². The Kier molecular flexibility index (Phi) is 2.18. The summed E-state index contributed by atoms with van der Waals surface area (Å²) in [7, 11) is 0. The highest BCUT2D eigenvalue weighted by Gasteiger charge is 2.19. The third-order valence-electron chi connectivity index (χ3n) is 2.02. The number of hydrogen-bond acceptors (Lipinski definition) is 0. The molecule has 2 atom stereocenters. The fraction of sp³-hybridized carbons (Fsp3) is 1.00. The van der Waals surface area contributed by atoms with E-state index >= 15 is 0 Å². The molecule has 0 spiro atoms. The second-order valence-electron chi connectivity index (χ2n) is 2.94. The summed E-state index contributed by atoms with van der Waals surface area (Å²) in [6.45, 7) is 2.31. The van der Waals surface area contributed by atoms with Gasteiger partial charge in [0.1, 0.15) is 0 Å². The lowest BCUT2D eigenvalue weighted by molar-refractivity contribution is 0.559. The Bertz CT molecular complexity index is 70.8. The average Bonchev–Trinajstić information content (AvgIpc) is 2.14. The average molecular weight is 133 g/mol. The Balaban J connectivity index is 2.22. The van der Waals surface area contributed by atoms with Crippen molar-refractivity contribution in [1.82, 2.24) is 0 Å². The van der Waals surface area contributed by atoms with Crippen LogP contribution in [0.15, 0.2) is 0 Å². The third-order valence-corrected chi connectivity index (χ3v) is 2.46. The van der Waals surface area contributed by atoms with Gasteiger partial charge in [0.25, 0.3) is 0 Å². The lowest BCUT2D eigenvalue weighted by Gasteiger charge is -2.00. The molecule has 0 nitrogen and oxygen atoms in total. The van der Waals surface area contributed by atoms with E-state index in [0.29, 0.717) is 0 Å². The standard InChI is InChI=1S/C7H13Cl/c1-6-2-3-7(4-6)5-8/h6-7H,2-5H2,1H3. The summed E-state index contributed by atoms with van der Waals surface area (Å²) in [5.41, 5.74) is 0. The van der Waals surface area contributed by atoms with Crippen LogP contribution in [0.2, 0.25) is 0 Å². The largest absolute Gasteiger partial charge is 0.126 e. The smallest absolute Gasteiger partial charge is 0.0251 e. The highest BCUT2D eigenvalue weighted by molar-refractivity contribution is 6.18. The summed E-state index contributed by atoms with van der Waals surface area (Å²) in [5, 5.41) is 0. The van der Waals surface area contributed by atoms with Crippen LogP contribution in [-0.2, 0) is 0 Å². The molecule has 1 aliphatic carbocycles. The van der Waals surface area contributed by atoms with Crippen LogP contribution in [-0.4, -0.2) is 5.88 Å². The monoisotopic (exact) mass is 132 g/mol. The van der Waals surface area contributed by atoms with E-state index in [-0.39, 0.29) is 0 Å². The summed E-state index contributed by atoms with van der Waals surface area (Å²) >= 11 is 5.67. The Labute approximate surface area is 56.2 Å². The van der Waals surface area contributed by atoms with Gasteiger partial charge in [0.05, 0.1) is 0 Å². The first-order valence-corrected chi connectivity index (χ1v) is 3.92. The maximum atomic E-state index is 5.67. The zero-order chi connectivity index (χ0) is 5.98. The number of rotatable bonds is 1. The van der Waals surface area contributed by atoms with Crippen LogP contribution >= 0.6 is 11.6 Å². The van der Waals surface area contributed by atoms with Crippen molar-refractivity contribution in [3.8, 4) is 0 Å². The molecule has 0 aromatic carbocycles. The molecule has 0 saturated heterocycles. The van der Waals surface area contributed by atoms with E-state index in [0.717, 1.165) is 17.7 Å². The number of halogens is 1. The molecule has 1 heteroatoms. The van der Waals surface area contributed by atoms with Crippen molar-refractivity contribution < 1.29 is 0 Å². The second-order valence-corrected chi connectivity index (χ2v) is 3.25. The lowest BCUT2D eigenvalue weighted by Crippen LogP contribution is -1.94. The van der Waals surface area contributed by atoms with Gasteiger partial charge >= 0.3 is 0 Å². The molecule has 48 valence electrons. The molecule has 1 aliphatic rings. The van der Waals surface area contributed by atoms with Gasteiger partial charge in [-0.2, -0.15) is 0 Å². The topological polar surface area (TPSA) is 0 Å². The summed E-state index contributed by atoms with van der Waals surface area (Å²) in [5.74, 6) is 2.66. The maximum Gasteiger partial charge on any atom is 0.0251 e. The molecule has 1 rings (SSSR count). The molecule has 0 bridgehead atoms. The molecule has 1 fully saturated rings. The molecule has 2 unspecified atom stereocenters. The van der Waals surface area contributed by atoms with Crippen molar-refractivity contribution in [2.75, 3.05) is 5.88 Å². The summed E-state index contributed by atoms with van der Waals surface area (Å²) in [6.07, 6.45) is 4.13. The normalized spacial score (nSPS) is 38.2. The Morgan fingerprint density at radius 2 is 2.25 bits per heavy atom. The van der Waals surface area contributed by atoms with Gasteiger partial charge in [-0.25, -0.2) is 0 Å². The van der Waals surface area contributed by atoms with Crippen LogP contribution in [0.25, 0.3) is 0 Å². The zero-order valence-electron chi connectivity index (χ0n) is 5.36. The van der Waals surface area contributed by atoms with E-state index in [9.17, 15) is 0 Å². The van der Waals surface area contributed by atoms with E-state index in [1.54, 1.807) is 0 Å². The first kappa shape index (κ1) is 6.41. The van der Waals surface area contributed by atoms with Crippen LogP contribution in [0.3, 0.4) is 0 Å². The van der Waals surface area contributed by atoms with Crippen molar-refractivity contribution >= 4 is 11.6 Å². The number of hydrogen-bond donors (Lipinski definition) is 0. The third kappa shape index (κ3) is 1.38. The maximum absolute atomic E-state index is 5.67. The Morgan fingerprint density at radius 1 is 1.50 bits per heavy atom. The lowest BCUT2D eigenvalue weighted by atomic mass is 10.1. The molecule has 0 N–H and O–H groups in total. The van der Waals surface area contributed by atoms with Gasteiger partial charge in [-0.15, -0.1) is 11.6 Å². The van der Waals surface area contributed by atoms with Crippen LogP contribution in [0.5, 0.6) is 0 Å². The van der Waals surface area contributed by atoms with Crippen molar-refractivity contribution in [2.45, 2.75) is 26.2 Å². The van der Waals surface area contributed by atoms with Crippen LogP contribution in [0, 0.1) is 11.8 Å². The van der Waals surface area contributed by atoms with Crippen molar-refractivity contribution in [1.29, 1.82) is 0 Å². The Morgan fingerprint density at radius 3 is 2.50 bits per heavy atom. The van der Waals surface area contributed by atoms with Crippen molar-refractivity contribution in [3.63, 3.8) is 0 Å². The van der Waals surface area contributed by atoms with E-state index in [1.165, 1.54) is 19.3 Å². The second kappa shape index (κ2) is 2.72. The Hall–Kier alpha value is 0.290. The molecule has 1 saturated carbocycles. The summed E-state index contributed by atoms with van der Waals surface area (Å²) in [6, 6.07) is 0. The molecular formula is C7H13Cl. The predicted octanol–water partition coefficient (Wildman–Crippen LogP) is 2.66. The van der Waals surface area contributed by atoms with Crippen molar-refractivity contribution in [3.05, 3.63) is 0 Å². The molecular weight excluding hydrogens is 120 g/mol. The van der Waals surface area contributed by atoms with Gasteiger partial charge < -0.3 is 0 Å². The molecule has 0 aromatic rings. The highest BCUT2D eigenvalue weighted by atomic mass is 35.5. The molecule has 0 aromatic heterocycles. The van der Waals surface area contributed by atoms with Gasteiger partial charge in [-0.05, 0) is 24.7 Å². The summed E-state index contributed by atoms with van der Waals surface area (Å²) in [4.78, 5) is 0. The van der Waals surface area contributed by atoms with E-state index in [2.05, 4.69) is 6.92 Å². The van der Waals surface area contributed by atoms with Gasteiger partial charge in [0, 0.05) is 5.88 Å². The molecule has 0 heterocycles. The first-order chi connectivity index (χ1) is 3.83. The predicted molar refractivity (Wildman–Crippen MR) is 37.2 cm³/mol. The minimum Gasteiger partial charge on any atom is -0.126 e. The molecule has 8 heavy (non-hydrogen) atoms. The van der Waals surface area contributed by atoms with Crippen molar-refractivity contribution in [2.24, 2.45) is 11.8 Å². The minimum absolute atomic E-state index is 0.840. The number of alkyl halides is 1. The zero-order valence-corrected chi connectivity index (χ0v) is 6.12. The molecule has 0 amide bonds. The van der Waals surface area contributed by atoms with Gasteiger partial charge in [-0.3, -0.25) is 0 Å². The van der Waals surface area contributed by atoms with Gasteiger partial charge in [-0.1, -0.05) is 13.3 Å². The van der Waals surface area contributed by atoms with Gasteiger partial charge in [0.15, 0.2) is 0 Å². The van der Waals surface area contributed by atoms with Gasteiger partial charge in [0.2, 0.25) is 0 Å². The first-order valence-electron chi connectivity index (χ1n) is 3.39. The van der Waals surface area contributed by atoms with E-state index in [1.807, 2.05) is 0 Å². The van der Waals surface area contributed by atoms with E-state index < -0.39 is 0 Å². The minimum atomic E-state index is 0.840. The fourth-order valence-electron chi connectivity index (χ4n) is 1.47. The van der Waals surface area contributed by atoms with Crippen LogP contribution in [0.4, 0.5) is 0 Å². The summed E-state index contributed by atoms with van der Waals surface area (Å²) < 4.78 is 0.